The largest absolute Gasteiger partial charge is 1.00 e. The molecule has 0 fully saturated rings. The minimum atomic E-state index is 0. The Hall–Kier alpha value is -1.74. The minimum Gasteiger partial charge on any atom is -1.00 e. The first-order valence-corrected chi connectivity index (χ1v) is 6.83. The Balaban J connectivity index is 0.00000242. The number of halogens is 1. The van der Waals surface area contributed by atoms with Gasteiger partial charge in [-0.05, 0) is 38.5 Å². The summed E-state index contributed by atoms with van der Waals surface area (Å²) < 4.78 is 0. The Morgan fingerprint density at radius 1 is 0.870 bits per heavy atom. The van der Waals surface area contributed by atoms with E-state index in [0.717, 1.165) is 28.2 Å². The van der Waals surface area contributed by atoms with Crippen LogP contribution in [0.15, 0.2) is 69.8 Å². The maximum absolute atomic E-state index is 4.40. The summed E-state index contributed by atoms with van der Waals surface area (Å²) in [5.41, 5.74) is 4.78. The Morgan fingerprint density at radius 3 is 2.04 bits per heavy atom. The molecular weight excluding hydrogens is 357 g/mol. The topological polar surface area (TPSA) is 37.1 Å². The molecular formula is C18H18ClCuN3. The van der Waals surface area contributed by atoms with Crippen molar-refractivity contribution < 1.29 is 29.5 Å². The maximum Gasteiger partial charge on any atom is 1.00 e. The predicted octanol–water partition coefficient (Wildman–Crippen LogP) is 1.52. The smallest absolute Gasteiger partial charge is 1.00 e. The van der Waals surface area contributed by atoms with E-state index in [-0.39, 0.29) is 29.5 Å². The summed E-state index contributed by atoms with van der Waals surface area (Å²) in [7, 11) is 0. The van der Waals surface area contributed by atoms with Crippen molar-refractivity contribution in [3.63, 3.8) is 0 Å². The molecule has 3 nitrogen and oxygen atoms in total. The second kappa shape index (κ2) is 10.9. The van der Waals surface area contributed by atoms with Crippen LogP contribution in [0.4, 0.5) is 5.69 Å². The van der Waals surface area contributed by atoms with Gasteiger partial charge in [0.1, 0.15) is 6.21 Å². The van der Waals surface area contributed by atoms with Crippen molar-refractivity contribution in [2.75, 3.05) is 0 Å². The molecule has 0 saturated carbocycles. The summed E-state index contributed by atoms with van der Waals surface area (Å²) in [5.74, 6) is 0. The molecule has 0 saturated heterocycles. The summed E-state index contributed by atoms with van der Waals surface area (Å²) in [6.45, 7) is 5.89. The van der Waals surface area contributed by atoms with Gasteiger partial charge in [0.2, 0.25) is 0 Å². The van der Waals surface area contributed by atoms with Gasteiger partial charge in [0.05, 0.1) is 11.4 Å². The average Bonchev–Trinajstić information content (AvgIpc) is 2.48. The van der Waals surface area contributed by atoms with Crippen LogP contribution in [0.5, 0.6) is 0 Å². The molecule has 0 amide bonds. The van der Waals surface area contributed by atoms with E-state index < -0.39 is 0 Å². The maximum atomic E-state index is 4.40. The first-order valence-electron chi connectivity index (χ1n) is 6.83. The molecule has 123 valence electrons. The zero-order chi connectivity index (χ0) is 15.1. The van der Waals surface area contributed by atoms with Crippen molar-refractivity contribution in [2.45, 2.75) is 20.8 Å². The van der Waals surface area contributed by atoms with Crippen LogP contribution in [0.1, 0.15) is 31.9 Å². The molecule has 5 heteroatoms. The fraction of sp³-hybridized carbons (Fsp3) is 0.167. The van der Waals surface area contributed by atoms with Gasteiger partial charge in [-0.15, -0.1) is 5.10 Å². The quantitative estimate of drug-likeness (QED) is 0.442. The summed E-state index contributed by atoms with van der Waals surface area (Å²) in [5, 5.41) is 8.17. The van der Waals surface area contributed by atoms with Gasteiger partial charge in [0.15, 0.2) is 0 Å². The summed E-state index contributed by atoms with van der Waals surface area (Å²) >= 11 is 0. The van der Waals surface area contributed by atoms with Crippen LogP contribution in [-0.4, -0.2) is 17.6 Å². The molecule has 23 heavy (non-hydrogen) atoms. The van der Waals surface area contributed by atoms with Crippen molar-refractivity contribution in [1.82, 2.24) is 0 Å². The van der Waals surface area contributed by atoms with Crippen LogP contribution in [0, 0.1) is 0 Å². The van der Waals surface area contributed by atoms with Crippen LogP contribution in [0.25, 0.3) is 0 Å². The van der Waals surface area contributed by atoms with Crippen LogP contribution in [-0.2, 0) is 17.1 Å². The van der Waals surface area contributed by atoms with E-state index in [1.807, 2.05) is 75.4 Å². The second-order valence-corrected chi connectivity index (χ2v) is 4.87. The van der Waals surface area contributed by atoms with Gasteiger partial charge in [-0.2, -0.15) is 5.10 Å². The fourth-order valence-electron chi connectivity index (χ4n) is 1.76. The van der Waals surface area contributed by atoms with Gasteiger partial charge in [-0.3, -0.25) is 4.99 Å². The Morgan fingerprint density at radius 2 is 1.48 bits per heavy atom. The molecule has 2 rings (SSSR count). The van der Waals surface area contributed by atoms with Crippen LogP contribution in [0.3, 0.4) is 0 Å². The van der Waals surface area contributed by atoms with Crippen LogP contribution in [0.2, 0.25) is 0 Å². The van der Waals surface area contributed by atoms with Crippen LogP contribution < -0.4 is 12.4 Å². The normalized spacial score (nSPS) is 10.7. The van der Waals surface area contributed by atoms with Crippen molar-refractivity contribution in [3.05, 3.63) is 65.7 Å². The first-order chi connectivity index (χ1) is 10.1. The molecule has 1 radical (unpaired) electrons. The molecule has 0 unspecified atom stereocenters. The van der Waals surface area contributed by atoms with E-state index in [0.29, 0.717) is 0 Å². The monoisotopic (exact) mass is 374 g/mol. The molecule has 0 spiro atoms. The molecule has 0 aliphatic heterocycles. The second-order valence-electron chi connectivity index (χ2n) is 4.87. The average molecular weight is 375 g/mol. The zero-order valence-electron chi connectivity index (χ0n) is 13.2. The van der Waals surface area contributed by atoms with E-state index in [1.54, 1.807) is 0 Å². The molecule has 0 bridgehead atoms. The van der Waals surface area contributed by atoms with Crippen molar-refractivity contribution >= 4 is 23.3 Å². The van der Waals surface area contributed by atoms with Gasteiger partial charge in [0, 0.05) is 11.3 Å². The third kappa shape index (κ3) is 7.38. The van der Waals surface area contributed by atoms with E-state index in [1.165, 1.54) is 0 Å². The summed E-state index contributed by atoms with van der Waals surface area (Å²) in [4.78, 5) is 4.40. The molecule has 0 N–H and O–H groups in total. The third-order valence-corrected chi connectivity index (χ3v) is 2.79. The van der Waals surface area contributed by atoms with E-state index in [2.05, 4.69) is 21.4 Å². The van der Waals surface area contributed by atoms with E-state index in [9.17, 15) is 0 Å². The summed E-state index contributed by atoms with van der Waals surface area (Å²) in [6.07, 6.45) is 2.90. The molecule has 0 heterocycles. The number of nitrogens with zero attached hydrogens (tertiary/aromatic N) is 3. The van der Waals surface area contributed by atoms with Gasteiger partial charge in [-0.1, -0.05) is 42.5 Å². The van der Waals surface area contributed by atoms with Gasteiger partial charge in [0.25, 0.3) is 0 Å². The van der Waals surface area contributed by atoms with Crippen molar-refractivity contribution in [2.24, 2.45) is 15.2 Å². The van der Waals surface area contributed by atoms with E-state index in [4.69, 9.17) is 0 Å². The fourth-order valence-corrected chi connectivity index (χ4v) is 1.76. The molecule has 0 aliphatic rings. The zero-order valence-corrected chi connectivity index (χ0v) is 14.9. The molecule has 0 aromatic heterocycles. The molecule has 2 aromatic carbocycles. The predicted molar refractivity (Wildman–Crippen MR) is 90.1 cm³/mol. The van der Waals surface area contributed by atoms with E-state index >= 15 is 0 Å². The van der Waals surface area contributed by atoms with Crippen molar-refractivity contribution in [1.29, 1.82) is 0 Å². The number of rotatable bonds is 4. The third-order valence-electron chi connectivity index (χ3n) is 2.79. The first kappa shape index (κ1) is 21.3. The number of aliphatic imine (C=N–C) groups is 1. The van der Waals surface area contributed by atoms with Gasteiger partial charge >= 0.3 is 17.1 Å². The summed E-state index contributed by atoms with van der Waals surface area (Å²) in [6, 6.07) is 17.7. The Kier molecular flexibility index (Phi) is 10.1. The van der Waals surface area contributed by atoms with Crippen LogP contribution >= 0.6 is 0 Å². The minimum absolute atomic E-state index is 0. The number of hydrogen-bond donors (Lipinski definition) is 0. The SMILES string of the molecule is CC(C)=Nc1ccc(/C(C)=N\N=[C]c2ccccc2)cc1.[Cl-].[Cu+]. The number of hydrogen-bond acceptors (Lipinski definition) is 3. The Bertz CT molecular complexity index is 673. The molecule has 0 aliphatic carbocycles. The Labute approximate surface area is 154 Å². The standard InChI is InChI=1S/C18H18N3.ClH.Cu/c1-14(2)20-18-11-9-17(10-12-18)15(3)21-19-13-16-7-5-4-6-8-16;;/h4-12H,1-3H3;1H;/q;;+1/p-1/b19-13?,21-15-;;. The van der Waals surface area contributed by atoms with Gasteiger partial charge < -0.3 is 12.4 Å². The molecule has 0 atom stereocenters. The number of benzene rings is 2. The van der Waals surface area contributed by atoms with Crippen molar-refractivity contribution in [3.8, 4) is 0 Å². The van der Waals surface area contributed by atoms with Gasteiger partial charge in [-0.25, -0.2) is 0 Å². The molecule has 2 aromatic rings.